The van der Waals surface area contributed by atoms with E-state index in [2.05, 4.69) is 9.97 Å². The highest BCUT2D eigenvalue weighted by Crippen LogP contribution is 2.38. The molecule has 0 saturated heterocycles. The van der Waals surface area contributed by atoms with Crippen LogP contribution in [0.15, 0.2) is 18.2 Å². The summed E-state index contributed by atoms with van der Waals surface area (Å²) < 4.78 is 0. The Morgan fingerprint density at radius 2 is 1.95 bits per heavy atom. The molecule has 0 atom stereocenters. The Kier molecular flexibility index (Phi) is 3.57. The fraction of sp³-hybridized carbons (Fsp3) is 0.500. The number of hydrogen-bond donors (Lipinski definition) is 3. The number of H-pyrrole nitrogens is 1. The van der Waals surface area contributed by atoms with E-state index in [9.17, 15) is 15.0 Å². The fourth-order valence-corrected chi connectivity index (χ4v) is 3.33. The monoisotopic (exact) mass is 288 g/mol. The molecule has 1 heterocycles. The van der Waals surface area contributed by atoms with Crippen molar-refractivity contribution in [2.45, 2.75) is 44.9 Å². The van der Waals surface area contributed by atoms with E-state index >= 15 is 0 Å². The second kappa shape index (κ2) is 5.39. The van der Waals surface area contributed by atoms with E-state index in [1.54, 1.807) is 18.2 Å². The molecule has 0 spiro atoms. The SMILES string of the molecule is O=C(O)C1(Cc2nc3ccc(O)cc3[nH]2)CCCCCC1. The molecule has 3 rings (SSSR count). The Hall–Kier alpha value is -2.04. The minimum absolute atomic E-state index is 0.181. The van der Waals surface area contributed by atoms with E-state index in [0.29, 0.717) is 25.1 Å². The fourth-order valence-electron chi connectivity index (χ4n) is 3.33. The third kappa shape index (κ3) is 2.73. The van der Waals surface area contributed by atoms with Crippen LogP contribution in [0.5, 0.6) is 5.75 Å². The van der Waals surface area contributed by atoms with Crippen molar-refractivity contribution in [2.24, 2.45) is 5.41 Å². The summed E-state index contributed by atoms with van der Waals surface area (Å²) in [4.78, 5) is 19.4. The molecule has 0 unspecified atom stereocenters. The van der Waals surface area contributed by atoms with E-state index in [1.807, 2.05) is 0 Å². The number of benzene rings is 1. The summed E-state index contributed by atoms with van der Waals surface area (Å²) >= 11 is 0. The minimum atomic E-state index is -0.715. The molecule has 0 aliphatic heterocycles. The van der Waals surface area contributed by atoms with Crippen LogP contribution in [-0.2, 0) is 11.2 Å². The number of nitrogens with one attached hydrogen (secondary N) is 1. The number of rotatable bonds is 3. The smallest absolute Gasteiger partial charge is 0.310 e. The Bertz CT molecular complexity index is 655. The van der Waals surface area contributed by atoms with Crippen LogP contribution in [0.25, 0.3) is 11.0 Å². The molecule has 5 heteroatoms. The van der Waals surface area contributed by atoms with Crippen LogP contribution in [0.3, 0.4) is 0 Å². The summed E-state index contributed by atoms with van der Waals surface area (Å²) in [6, 6.07) is 4.95. The highest BCUT2D eigenvalue weighted by atomic mass is 16.4. The topological polar surface area (TPSA) is 86.2 Å². The van der Waals surface area contributed by atoms with Crippen LogP contribution in [0.1, 0.15) is 44.3 Å². The molecule has 0 radical (unpaired) electrons. The maximum atomic E-state index is 11.8. The molecule has 0 amide bonds. The molecule has 1 aliphatic carbocycles. The maximum absolute atomic E-state index is 11.8. The molecule has 112 valence electrons. The minimum Gasteiger partial charge on any atom is -0.508 e. The number of hydrogen-bond acceptors (Lipinski definition) is 3. The van der Waals surface area contributed by atoms with Gasteiger partial charge in [-0.1, -0.05) is 25.7 Å². The number of carboxylic acids is 1. The van der Waals surface area contributed by atoms with Crippen LogP contribution < -0.4 is 0 Å². The summed E-state index contributed by atoms with van der Waals surface area (Å²) in [6.07, 6.45) is 6.01. The zero-order chi connectivity index (χ0) is 14.9. The first kappa shape index (κ1) is 13.9. The second-order valence-corrected chi connectivity index (χ2v) is 6.06. The molecule has 1 fully saturated rings. The Morgan fingerprint density at radius 3 is 2.62 bits per heavy atom. The van der Waals surface area contributed by atoms with Gasteiger partial charge in [-0.05, 0) is 25.0 Å². The Labute approximate surface area is 123 Å². The average Bonchev–Trinajstić information content (AvgIpc) is 2.67. The van der Waals surface area contributed by atoms with Crippen molar-refractivity contribution in [3.05, 3.63) is 24.0 Å². The number of nitrogens with zero attached hydrogens (tertiary/aromatic N) is 1. The van der Waals surface area contributed by atoms with Crippen LogP contribution in [-0.4, -0.2) is 26.2 Å². The standard InChI is InChI=1S/C16H20N2O3/c19-11-5-6-12-13(9-11)18-14(17-12)10-16(15(20)21)7-3-1-2-4-8-16/h5-6,9,19H,1-4,7-8,10H2,(H,17,18)(H,20,21). The van der Waals surface area contributed by atoms with Crippen molar-refractivity contribution in [3.8, 4) is 5.75 Å². The number of aromatic nitrogens is 2. The van der Waals surface area contributed by atoms with Gasteiger partial charge in [0, 0.05) is 12.5 Å². The van der Waals surface area contributed by atoms with Gasteiger partial charge in [0.25, 0.3) is 0 Å². The van der Waals surface area contributed by atoms with E-state index in [-0.39, 0.29) is 5.75 Å². The molecular weight excluding hydrogens is 268 g/mol. The van der Waals surface area contributed by atoms with E-state index in [0.717, 1.165) is 36.7 Å². The summed E-state index contributed by atoms with van der Waals surface area (Å²) in [5, 5.41) is 19.2. The number of aromatic amines is 1. The summed E-state index contributed by atoms with van der Waals surface area (Å²) in [7, 11) is 0. The normalized spacial score (nSPS) is 18.5. The number of carbonyl (C=O) groups is 1. The average molecular weight is 288 g/mol. The van der Waals surface area contributed by atoms with Gasteiger partial charge in [-0.15, -0.1) is 0 Å². The van der Waals surface area contributed by atoms with Gasteiger partial charge in [0.15, 0.2) is 0 Å². The van der Waals surface area contributed by atoms with Crippen molar-refractivity contribution in [1.82, 2.24) is 9.97 Å². The predicted octanol–water partition coefficient (Wildman–Crippen LogP) is 3.24. The second-order valence-electron chi connectivity index (χ2n) is 6.06. The lowest BCUT2D eigenvalue weighted by Gasteiger charge is -2.26. The van der Waals surface area contributed by atoms with Crippen molar-refractivity contribution < 1.29 is 15.0 Å². The molecule has 1 aliphatic rings. The van der Waals surface area contributed by atoms with Gasteiger partial charge in [-0.2, -0.15) is 0 Å². The molecule has 1 saturated carbocycles. The quantitative estimate of drug-likeness (QED) is 0.757. The van der Waals surface area contributed by atoms with E-state index in [1.165, 1.54) is 0 Å². The number of aliphatic carboxylic acids is 1. The van der Waals surface area contributed by atoms with Gasteiger partial charge in [-0.25, -0.2) is 4.98 Å². The zero-order valence-electron chi connectivity index (χ0n) is 11.9. The third-order valence-electron chi connectivity index (χ3n) is 4.53. The number of imidazole rings is 1. The van der Waals surface area contributed by atoms with Crippen molar-refractivity contribution >= 4 is 17.0 Å². The molecule has 1 aromatic carbocycles. The Morgan fingerprint density at radius 1 is 1.24 bits per heavy atom. The van der Waals surface area contributed by atoms with Crippen LogP contribution >= 0.6 is 0 Å². The molecule has 0 bridgehead atoms. The largest absolute Gasteiger partial charge is 0.508 e. The molecular formula is C16H20N2O3. The van der Waals surface area contributed by atoms with Crippen LogP contribution in [0.2, 0.25) is 0 Å². The maximum Gasteiger partial charge on any atom is 0.310 e. The van der Waals surface area contributed by atoms with Gasteiger partial charge < -0.3 is 15.2 Å². The van der Waals surface area contributed by atoms with Gasteiger partial charge in [0.2, 0.25) is 0 Å². The van der Waals surface area contributed by atoms with Crippen LogP contribution in [0, 0.1) is 5.41 Å². The molecule has 2 aromatic rings. The first-order chi connectivity index (χ1) is 10.1. The zero-order valence-corrected chi connectivity index (χ0v) is 11.9. The molecule has 1 aromatic heterocycles. The summed E-state index contributed by atoms with van der Waals surface area (Å²) in [5.41, 5.74) is 0.808. The molecule has 5 nitrogen and oxygen atoms in total. The van der Waals surface area contributed by atoms with Crippen molar-refractivity contribution in [2.75, 3.05) is 0 Å². The Balaban J connectivity index is 1.91. The van der Waals surface area contributed by atoms with Crippen molar-refractivity contribution in [1.29, 1.82) is 0 Å². The van der Waals surface area contributed by atoms with Crippen LogP contribution in [0.4, 0.5) is 0 Å². The number of phenols is 1. The first-order valence-corrected chi connectivity index (χ1v) is 7.50. The summed E-state index contributed by atoms with van der Waals surface area (Å²) in [5.74, 6) is 0.160. The highest BCUT2D eigenvalue weighted by Gasteiger charge is 2.39. The van der Waals surface area contributed by atoms with Gasteiger partial charge in [-0.3, -0.25) is 4.79 Å². The first-order valence-electron chi connectivity index (χ1n) is 7.50. The summed E-state index contributed by atoms with van der Waals surface area (Å²) in [6.45, 7) is 0. The van der Waals surface area contributed by atoms with Gasteiger partial charge in [0.1, 0.15) is 11.6 Å². The van der Waals surface area contributed by atoms with Gasteiger partial charge >= 0.3 is 5.97 Å². The molecule has 21 heavy (non-hydrogen) atoms. The number of carboxylic acid groups (broad SMARTS) is 1. The lowest BCUT2D eigenvalue weighted by Crippen LogP contribution is -2.33. The third-order valence-corrected chi connectivity index (χ3v) is 4.53. The lowest BCUT2D eigenvalue weighted by molar-refractivity contribution is -0.150. The molecule has 3 N–H and O–H groups in total. The van der Waals surface area contributed by atoms with E-state index in [4.69, 9.17) is 0 Å². The number of aromatic hydroxyl groups is 1. The highest BCUT2D eigenvalue weighted by molar-refractivity contribution is 5.78. The number of fused-ring (bicyclic) bond motifs is 1. The van der Waals surface area contributed by atoms with Gasteiger partial charge in [0.05, 0.1) is 16.4 Å². The lowest BCUT2D eigenvalue weighted by atomic mass is 9.77. The van der Waals surface area contributed by atoms with E-state index < -0.39 is 11.4 Å². The predicted molar refractivity (Wildman–Crippen MR) is 79.2 cm³/mol. The van der Waals surface area contributed by atoms with Crippen molar-refractivity contribution in [3.63, 3.8) is 0 Å². The number of phenolic OH excluding ortho intramolecular Hbond substituents is 1.